The first-order valence-corrected chi connectivity index (χ1v) is 15.4. The Bertz CT molecular complexity index is 1010. The van der Waals surface area contributed by atoms with E-state index < -0.39 is 0 Å². The summed E-state index contributed by atoms with van der Waals surface area (Å²) in [6.07, 6.45) is 19.2. The monoisotopic (exact) mass is 515 g/mol. The maximum Gasteiger partial charge on any atom is 0.0445 e. The highest BCUT2D eigenvalue weighted by atomic mass is 15.1. The van der Waals surface area contributed by atoms with Gasteiger partial charge in [0.15, 0.2) is 0 Å². The fraction of sp³-hybridized carbons (Fsp3) is 0.568. The van der Waals surface area contributed by atoms with Crippen LogP contribution in [0.25, 0.3) is 5.57 Å². The van der Waals surface area contributed by atoms with Crippen LogP contribution in [-0.2, 0) is 6.42 Å². The fourth-order valence-electron chi connectivity index (χ4n) is 5.76. The molecule has 0 bridgehead atoms. The van der Waals surface area contributed by atoms with Crippen molar-refractivity contribution in [1.82, 2.24) is 0 Å². The molecule has 1 saturated carbocycles. The van der Waals surface area contributed by atoms with E-state index in [-0.39, 0.29) is 0 Å². The van der Waals surface area contributed by atoms with Gasteiger partial charge in [-0.25, -0.2) is 0 Å². The minimum atomic E-state index is 0.487. The number of anilines is 1. The highest BCUT2D eigenvalue weighted by Crippen LogP contribution is 2.36. The van der Waals surface area contributed by atoms with Crippen LogP contribution in [0.5, 0.6) is 0 Å². The van der Waals surface area contributed by atoms with E-state index >= 15 is 0 Å². The summed E-state index contributed by atoms with van der Waals surface area (Å²) in [6.45, 7) is 25.1. The number of nitrogens with zero attached hydrogens (tertiary/aromatic N) is 1. The molecule has 210 valence electrons. The molecule has 1 fully saturated rings. The Hall–Kier alpha value is -2.28. The molecule has 0 saturated heterocycles. The zero-order chi connectivity index (χ0) is 28.2. The van der Waals surface area contributed by atoms with Crippen molar-refractivity contribution >= 4 is 11.3 Å². The van der Waals surface area contributed by atoms with Gasteiger partial charge < -0.3 is 4.90 Å². The highest BCUT2D eigenvalue weighted by Gasteiger charge is 2.21. The highest BCUT2D eigenvalue weighted by molar-refractivity contribution is 5.87. The number of hydrogen-bond acceptors (Lipinski definition) is 1. The number of unbranched alkanes of at least 4 members (excludes halogenated alkanes) is 2. The summed E-state index contributed by atoms with van der Waals surface area (Å²) < 4.78 is 0. The van der Waals surface area contributed by atoms with Crippen LogP contribution in [0.15, 0.2) is 71.9 Å². The van der Waals surface area contributed by atoms with Gasteiger partial charge >= 0.3 is 0 Å². The third-order valence-electron chi connectivity index (χ3n) is 8.40. The van der Waals surface area contributed by atoms with E-state index in [4.69, 9.17) is 0 Å². The third kappa shape index (κ3) is 9.18. The average molecular weight is 516 g/mol. The minimum absolute atomic E-state index is 0.487. The van der Waals surface area contributed by atoms with Crippen molar-refractivity contribution in [2.45, 2.75) is 119 Å². The molecular formula is C37H57N. The van der Waals surface area contributed by atoms with E-state index in [2.05, 4.69) is 110 Å². The molecule has 0 spiro atoms. The number of rotatable bonds is 16. The second-order valence-corrected chi connectivity index (χ2v) is 12.1. The van der Waals surface area contributed by atoms with Crippen LogP contribution in [0.3, 0.4) is 0 Å². The van der Waals surface area contributed by atoms with Crippen molar-refractivity contribution in [2.24, 2.45) is 11.8 Å². The van der Waals surface area contributed by atoms with E-state index in [9.17, 15) is 0 Å². The van der Waals surface area contributed by atoms with Crippen molar-refractivity contribution in [3.63, 3.8) is 0 Å². The molecule has 1 aliphatic carbocycles. The summed E-state index contributed by atoms with van der Waals surface area (Å²) in [6, 6.07) is 7.61. The number of allylic oxidation sites excluding steroid dienone is 8. The van der Waals surface area contributed by atoms with Crippen molar-refractivity contribution in [3.8, 4) is 0 Å². The summed E-state index contributed by atoms with van der Waals surface area (Å²) in [5.74, 6) is 1.50. The van der Waals surface area contributed by atoms with Gasteiger partial charge in [-0.1, -0.05) is 103 Å². The quantitative estimate of drug-likeness (QED) is 0.156. The van der Waals surface area contributed by atoms with E-state index in [1.807, 2.05) is 0 Å². The average Bonchev–Trinajstić information content (AvgIpc) is 2.85. The summed E-state index contributed by atoms with van der Waals surface area (Å²) in [4.78, 5) is 2.47. The molecule has 1 heteroatoms. The van der Waals surface area contributed by atoms with Gasteiger partial charge in [0.2, 0.25) is 0 Å². The van der Waals surface area contributed by atoms with Crippen molar-refractivity contribution in [3.05, 3.63) is 83.0 Å². The number of benzene rings is 1. The van der Waals surface area contributed by atoms with E-state index in [0.29, 0.717) is 12.0 Å². The first kappa shape index (κ1) is 31.9. The molecule has 0 heterocycles. The molecule has 0 radical (unpaired) electrons. The normalized spacial score (nSPS) is 16.0. The first-order chi connectivity index (χ1) is 18.1. The van der Waals surface area contributed by atoms with Gasteiger partial charge in [-0.2, -0.15) is 0 Å². The van der Waals surface area contributed by atoms with Crippen LogP contribution in [-0.4, -0.2) is 13.1 Å². The predicted molar refractivity (Wildman–Crippen MR) is 173 cm³/mol. The Morgan fingerprint density at radius 2 is 1.82 bits per heavy atom. The van der Waals surface area contributed by atoms with Crippen LogP contribution < -0.4 is 4.90 Å². The molecule has 1 aliphatic rings. The van der Waals surface area contributed by atoms with Gasteiger partial charge in [-0.05, 0) is 104 Å². The molecule has 0 aliphatic heterocycles. The Morgan fingerprint density at radius 1 is 1.11 bits per heavy atom. The molecule has 0 aromatic heterocycles. The molecule has 0 amide bonds. The molecule has 0 N–H and O–H groups in total. The van der Waals surface area contributed by atoms with Gasteiger partial charge in [0, 0.05) is 24.3 Å². The van der Waals surface area contributed by atoms with Crippen LogP contribution in [0.2, 0.25) is 0 Å². The van der Waals surface area contributed by atoms with E-state index in [1.54, 1.807) is 0 Å². The molecule has 2 rings (SSSR count). The lowest BCUT2D eigenvalue weighted by atomic mass is 9.80. The van der Waals surface area contributed by atoms with Crippen LogP contribution in [0.1, 0.15) is 117 Å². The molecule has 1 aromatic carbocycles. The molecule has 38 heavy (non-hydrogen) atoms. The smallest absolute Gasteiger partial charge is 0.0445 e. The zero-order valence-electron chi connectivity index (χ0n) is 26.1. The third-order valence-corrected chi connectivity index (χ3v) is 8.40. The fourth-order valence-corrected chi connectivity index (χ4v) is 5.76. The second kappa shape index (κ2) is 16.0. The minimum Gasteiger partial charge on any atom is -0.371 e. The van der Waals surface area contributed by atoms with Gasteiger partial charge in [-0.3, -0.25) is 0 Å². The standard InChI is InChI=1S/C37H57N/c1-11-14-15-18-30(8)38(10)37-22-21-33(25-32-19-16-20-32)26-36(37)31(9)28(6)24-34(17-12-2)35(13-3)29(7)23-27(4)5/h12,17,21-22,24,26-27,30,32H,6,9,11,13-16,18-20,23,25H2,1-5,7-8,10H3/b17-12-,34-24-,35-29+. The first-order valence-electron chi connectivity index (χ1n) is 15.4. The lowest BCUT2D eigenvalue weighted by Gasteiger charge is -2.31. The lowest BCUT2D eigenvalue weighted by molar-refractivity contribution is 0.314. The Labute approximate surface area is 236 Å². The van der Waals surface area contributed by atoms with Gasteiger partial charge in [0.25, 0.3) is 0 Å². The molecule has 1 nitrogen and oxygen atoms in total. The molecule has 1 atom stereocenters. The summed E-state index contributed by atoms with van der Waals surface area (Å²) >= 11 is 0. The van der Waals surface area contributed by atoms with Gasteiger partial charge in [0.05, 0.1) is 0 Å². The van der Waals surface area contributed by atoms with Crippen molar-refractivity contribution in [1.29, 1.82) is 0 Å². The topological polar surface area (TPSA) is 3.24 Å². The Kier molecular flexibility index (Phi) is 13.4. The number of hydrogen-bond donors (Lipinski definition) is 0. The summed E-state index contributed by atoms with van der Waals surface area (Å²) in [5, 5.41) is 0. The van der Waals surface area contributed by atoms with Crippen LogP contribution >= 0.6 is 0 Å². The van der Waals surface area contributed by atoms with Crippen LogP contribution in [0, 0.1) is 11.8 Å². The van der Waals surface area contributed by atoms with Crippen LogP contribution in [0.4, 0.5) is 5.69 Å². The SMILES string of the molecule is C=C(/C=C(/C=C\C)C(\CC)=C(/C)CC(C)C)C(=C)c1cc(CC2CCC2)ccc1N(C)C(C)CCCCC. The summed E-state index contributed by atoms with van der Waals surface area (Å²) in [7, 11) is 2.26. The Morgan fingerprint density at radius 3 is 2.37 bits per heavy atom. The van der Waals surface area contributed by atoms with Crippen molar-refractivity contribution in [2.75, 3.05) is 11.9 Å². The summed E-state index contributed by atoms with van der Waals surface area (Å²) in [5.41, 5.74) is 10.2. The zero-order valence-corrected chi connectivity index (χ0v) is 26.1. The van der Waals surface area contributed by atoms with E-state index in [0.717, 1.165) is 29.9 Å². The Balaban J connectivity index is 2.47. The van der Waals surface area contributed by atoms with E-state index in [1.165, 1.54) is 84.9 Å². The maximum atomic E-state index is 4.64. The van der Waals surface area contributed by atoms with Crippen molar-refractivity contribution < 1.29 is 0 Å². The van der Waals surface area contributed by atoms with Gasteiger partial charge in [0.1, 0.15) is 0 Å². The maximum absolute atomic E-state index is 4.64. The molecule has 1 unspecified atom stereocenters. The second-order valence-electron chi connectivity index (χ2n) is 12.1. The largest absolute Gasteiger partial charge is 0.371 e. The lowest BCUT2D eigenvalue weighted by Crippen LogP contribution is -2.29. The predicted octanol–water partition coefficient (Wildman–Crippen LogP) is 11.3. The molecule has 1 aromatic rings. The molecular weight excluding hydrogens is 458 g/mol. The van der Waals surface area contributed by atoms with Gasteiger partial charge in [-0.15, -0.1) is 0 Å².